The molecule has 0 saturated carbocycles. The van der Waals surface area contributed by atoms with Crippen molar-refractivity contribution in [1.29, 1.82) is 0 Å². The minimum atomic E-state index is -0.0882. The van der Waals surface area contributed by atoms with Crippen molar-refractivity contribution in [2.45, 2.75) is 20.3 Å². The molecule has 0 bridgehead atoms. The summed E-state index contributed by atoms with van der Waals surface area (Å²) in [7, 11) is 0. The first kappa shape index (κ1) is 15.3. The molecular formula is C19H16N4O2. The first-order chi connectivity index (χ1) is 12.1. The number of carbonyl (C=O) groups excluding carboxylic acids is 1. The van der Waals surface area contributed by atoms with Gasteiger partial charge in [-0.1, -0.05) is 0 Å². The number of allylic oxidation sites excluding steroid dienone is 1. The lowest BCUT2D eigenvalue weighted by atomic mass is 10.1. The van der Waals surface area contributed by atoms with Crippen LogP contribution in [0.4, 0.5) is 5.69 Å². The number of aliphatic imine (C=N–C) groups is 1. The maximum atomic E-state index is 12.3. The van der Waals surface area contributed by atoms with Gasteiger partial charge in [0.25, 0.3) is 0 Å². The number of carbonyl (C=O) groups is 1. The van der Waals surface area contributed by atoms with Gasteiger partial charge in [0.2, 0.25) is 11.7 Å². The molecule has 3 aromatic heterocycles. The van der Waals surface area contributed by atoms with Gasteiger partial charge in [-0.15, -0.1) is 0 Å². The smallest absolute Gasteiger partial charge is 0.207 e. The second-order valence-corrected chi connectivity index (χ2v) is 5.92. The van der Waals surface area contributed by atoms with Crippen molar-refractivity contribution in [3.05, 3.63) is 59.4 Å². The number of pyridine rings is 2. The predicted octanol–water partition coefficient (Wildman–Crippen LogP) is 3.64. The third-order valence-electron chi connectivity index (χ3n) is 4.03. The number of ether oxygens (including phenoxy) is 1. The number of aryl methyl sites for hydroxylation is 2. The Labute approximate surface area is 144 Å². The lowest BCUT2D eigenvalue weighted by Gasteiger charge is -2.02. The van der Waals surface area contributed by atoms with Crippen LogP contribution in [0.1, 0.15) is 23.4 Å². The first-order valence-corrected chi connectivity index (χ1v) is 7.97. The number of nitrogens with one attached hydrogen (secondary N) is 1. The number of hydrogen-bond donors (Lipinski definition) is 1. The molecule has 1 aliphatic rings. The molecule has 0 aliphatic carbocycles. The van der Waals surface area contributed by atoms with Crippen molar-refractivity contribution in [3.63, 3.8) is 0 Å². The van der Waals surface area contributed by atoms with Crippen LogP contribution in [-0.2, 0) is 9.53 Å². The van der Waals surface area contributed by atoms with Crippen molar-refractivity contribution < 1.29 is 9.53 Å². The monoisotopic (exact) mass is 332 g/mol. The van der Waals surface area contributed by atoms with E-state index >= 15 is 0 Å². The Bertz CT molecular complexity index is 1050. The highest BCUT2D eigenvalue weighted by Crippen LogP contribution is 2.25. The zero-order valence-corrected chi connectivity index (χ0v) is 13.9. The van der Waals surface area contributed by atoms with Gasteiger partial charge in [0, 0.05) is 29.0 Å². The van der Waals surface area contributed by atoms with Gasteiger partial charge < -0.3 is 9.72 Å². The SMILES string of the molecule is Cc1ccc(N=C2CC(=O)/C(=C/c3c[nH]c4ncccc34)O2)c(C)n1. The van der Waals surface area contributed by atoms with Gasteiger partial charge in [-0.2, -0.15) is 0 Å². The van der Waals surface area contributed by atoms with Crippen LogP contribution in [-0.4, -0.2) is 26.6 Å². The zero-order chi connectivity index (χ0) is 17.4. The highest BCUT2D eigenvalue weighted by atomic mass is 16.5. The van der Waals surface area contributed by atoms with Crippen LogP contribution < -0.4 is 0 Å². The van der Waals surface area contributed by atoms with Gasteiger partial charge in [0.15, 0.2) is 5.76 Å². The summed E-state index contributed by atoms with van der Waals surface area (Å²) in [6.07, 6.45) is 5.41. The summed E-state index contributed by atoms with van der Waals surface area (Å²) < 4.78 is 5.68. The van der Waals surface area contributed by atoms with Crippen LogP contribution in [0, 0.1) is 13.8 Å². The molecule has 6 nitrogen and oxygen atoms in total. The van der Waals surface area contributed by atoms with E-state index < -0.39 is 0 Å². The van der Waals surface area contributed by atoms with E-state index in [-0.39, 0.29) is 12.2 Å². The van der Waals surface area contributed by atoms with Crippen LogP contribution in [0.3, 0.4) is 0 Å². The van der Waals surface area contributed by atoms with E-state index in [1.807, 2.05) is 44.3 Å². The quantitative estimate of drug-likeness (QED) is 0.727. The van der Waals surface area contributed by atoms with Crippen LogP contribution >= 0.6 is 0 Å². The molecule has 124 valence electrons. The summed E-state index contributed by atoms with van der Waals surface area (Å²) in [6.45, 7) is 3.81. The van der Waals surface area contributed by atoms with Gasteiger partial charge in [0.1, 0.15) is 5.65 Å². The number of Topliss-reactive ketones (excluding diaryl/α,β-unsaturated/α-hetero) is 1. The molecule has 4 rings (SSSR count). The van der Waals surface area contributed by atoms with Crippen LogP contribution in [0.5, 0.6) is 0 Å². The van der Waals surface area contributed by atoms with Crippen molar-refractivity contribution >= 4 is 34.5 Å². The van der Waals surface area contributed by atoms with Gasteiger partial charge in [0.05, 0.1) is 17.8 Å². The van der Waals surface area contributed by atoms with E-state index in [2.05, 4.69) is 19.9 Å². The third-order valence-corrected chi connectivity index (χ3v) is 4.03. The summed E-state index contributed by atoms with van der Waals surface area (Å²) in [5.41, 5.74) is 4.09. The molecule has 1 aliphatic heterocycles. The van der Waals surface area contributed by atoms with Crippen LogP contribution in [0.25, 0.3) is 17.1 Å². The minimum Gasteiger partial charge on any atom is -0.439 e. The molecule has 0 amide bonds. The fourth-order valence-electron chi connectivity index (χ4n) is 2.79. The Hall–Kier alpha value is -3.28. The van der Waals surface area contributed by atoms with E-state index in [0.717, 1.165) is 28.0 Å². The Morgan fingerprint density at radius 1 is 1.28 bits per heavy atom. The second kappa shape index (κ2) is 5.98. The van der Waals surface area contributed by atoms with E-state index in [9.17, 15) is 4.79 Å². The van der Waals surface area contributed by atoms with E-state index in [4.69, 9.17) is 4.74 Å². The van der Waals surface area contributed by atoms with Gasteiger partial charge >= 0.3 is 0 Å². The molecule has 1 N–H and O–H groups in total. The predicted molar refractivity (Wildman–Crippen MR) is 95.6 cm³/mol. The number of aromatic amines is 1. The van der Waals surface area contributed by atoms with Crippen molar-refractivity contribution in [1.82, 2.24) is 15.0 Å². The standard InChI is InChI=1S/C19H16N4O2/c1-11-5-6-15(12(2)22-11)23-18-9-16(24)17(25-18)8-13-10-21-19-14(13)4-3-7-20-19/h3-8,10H,9H2,1-2H3,(H,20,21)/b17-8-,23-18?. The average molecular weight is 332 g/mol. The summed E-state index contributed by atoms with van der Waals surface area (Å²) in [5.74, 6) is 0.596. The van der Waals surface area contributed by atoms with Gasteiger partial charge in [-0.25, -0.2) is 9.98 Å². The van der Waals surface area contributed by atoms with E-state index in [0.29, 0.717) is 17.3 Å². The zero-order valence-electron chi connectivity index (χ0n) is 13.9. The van der Waals surface area contributed by atoms with E-state index in [1.54, 1.807) is 12.3 Å². The van der Waals surface area contributed by atoms with Crippen molar-refractivity contribution in [2.24, 2.45) is 4.99 Å². The van der Waals surface area contributed by atoms with Crippen LogP contribution in [0.2, 0.25) is 0 Å². The molecule has 1 fully saturated rings. The Morgan fingerprint density at radius 2 is 2.16 bits per heavy atom. The third kappa shape index (κ3) is 2.94. The van der Waals surface area contributed by atoms with Gasteiger partial charge in [-0.3, -0.25) is 9.78 Å². The maximum Gasteiger partial charge on any atom is 0.207 e. The molecule has 0 spiro atoms. The summed E-state index contributed by atoms with van der Waals surface area (Å²) in [6, 6.07) is 7.57. The number of aromatic nitrogens is 3. The Kier molecular flexibility index (Phi) is 3.65. The number of fused-ring (bicyclic) bond motifs is 1. The number of rotatable bonds is 2. The summed E-state index contributed by atoms with van der Waals surface area (Å²) in [4.78, 5) is 28.4. The second-order valence-electron chi connectivity index (χ2n) is 5.92. The minimum absolute atomic E-state index is 0.0882. The van der Waals surface area contributed by atoms with Crippen LogP contribution in [0.15, 0.2) is 47.4 Å². The average Bonchev–Trinajstić information content (AvgIpc) is 3.15. The number of H-pyrrole nitrogens is 1. The van der Waals surface area contributed by atoms with Crippen molar-refractivity contribution in [2.75, 3.05) is 0 Å². The molecule has 25 heavy (non-hydrogen) atoms. The molecule has 4 heterocycles. The lowest BCUT2D eigenvalue weighted by molar-refractivity contribution is -0.114. The number of nitrogens with zero attached hydrogens (tertiary/aromatic N) is 3. The number of hydrogen-bond acceptors (Lipinski definition) is 5. The number of ketones is 1. The molecule has 0 atom stereocenters. The topological polar surface area (TPSA) is 80.2 Å². The maximum absolute atomic E-state index is 12.3. The molecule has 0 unspecified atom stereocenters. The highest BCUT2D eigenvalue weighted by Gasteiger charge is 2.26. The first-order valence-electron chi connectivity index (χ1n) is 7.97. The van der Waals surface area contributed by atoms with E-state index in [1.165, 1.54) is 0 Å². The molecular weight excluding hydrogens is 316 g/mol. The molecule has 3 aromatic rings. The Morgan fingerprint density at radius 3 is 3.00 bits per heavy atom. The Balaban J connectivity index is 1.65. The summed E-state index contributed by atoms with van der Waals surface area (Å²) >= 11 is 0. The fourth-order valence-corrected chi connectivity index (χ4v) is 2.79. The van der Waals surface area contributed by atoms with Crippen molar-refractivity contribution in [3.8, 4) is 0 Å². The highest BCUT2D eigenvalue weighted by molar-refractivity contribution is 6.15. The largest absolute Gasteiger partial charge is 0.439 e. The van der Waals surface area contributed by atoms with Gasteiger partial charge in [-0.05, 0) is 44.2 Å². The molecule has 1 saturated heterocycles. The lowest BCUT2D eigenvalue weighted by Crippen LogP contribution is -1.94. The molecule has 0 radical (unpaired) electrons. The normalized spacial score (nSPS) is 17.6. The fraction of sp³-hybridized carbons (Fsp3) is 0.158. The molecule has 0 aromatic carbocycles. The summed E-state index contributed by atoms with van der Waals surface area (Å²) in [5, 5.41) is 0.940. The molecule has 6 heteroatoms.